The summed E-state index contributed by atoms with van der Waals surface area (Å²) in [5, 5.41) is 12.8. The van der Waals surface area contributed by atoms with Crippen molar-refractivity contribution in [3.8, 4) is 11.9 Å². The van der Waals surface area contributed by atoms with Gasteiger partial charge in [0.2, 0.25) is 0 Å². The number of halogens is 1. The first kappa shape index (κ1) is 11.0. The molecule has 0 spiro atoms. The lowest BCUT2D eigenvalue weighted by molar-refractivity contribution is 0.843. The van der Waals surface area contributed by atoms with E-state index >= 15 is 0 Å². The highest BCUT2D eigenvalue weighted by atomic mass is 35.5. The van der Waals surface area contributed by atoms with Gasteiger partial charge in [0.15, 0.2) is 5.82 Å². The van der Waals surface area contributed by atoms with E-state index in [4.69, 9.17) is 11.0 Å². The molecule has 0 radical (unpaired) electrons. The van der Waals surface area contributed by atoms with Crippen LogP contribution in [0.4, 0.5) is 5.69 Å². The molecule has 0 atom stereocenters. The molecule has 0 unspecified atom stereocenters. The number of nitrogen functional groups attached to an aromatic ring is 1. The number of anilines is 1. The lowest BCUT2D eigenvalue weighted by atomic mass is 10.3. The molecule has 2 rings (SSSR count). The Kier molecular flexibility index (Phi) is 3.26. The summed E-state index contributed by atoms with van der Waals surface area (Å²) in [7, 11) is 0. The van der Waals surface area contributed by atoms with Crippen molar-refractivity contribution in [2.75, 3.05) is 5.73 Å². The number of rotatable bonds is 1. The molecule has 2 heterocycles. The summed E-state index contributed by atoms with van der Waals surface area (Å²) in [5.41, 5.74) is 6.52. The lowest BCUT2D eigenvalue weighted by Crippen LogP contribution is -2.00. The molecule has 0 aliphatic rings. The van der Waals surface area contributed by atoms with E-state index in [1.54, 1.807) is 24.5 Å². The van der Waals surface area contributed by atoms with Gasteiger partial charge in [0, 0.05) is 6.20 Å². The van der Waals surface area contributed by atoms with E-state index in [0.717, 1.165) is 0 Å². The Balaban J connectivity index is 0.00000112. The van der Waals surface area contributed by atoms with Crippen LogP contribution < -0.4 is 5.73 Å². The van der Waals surface area contributed by atoms with Crippen LogP contribution in [-0.4, -0.2) is 14.8 Å². The van der Waals surface area contributed by atoms with Gasteiger partial charge in [-0.15, -0.1) is 12.4 Å². The number of nitriles is 1. The fraction of sp³-hybridized carbons (Fsp3) is 0. The molecular formula is C9H8ClN5. The molecule has 2 aromatic rings. The third-order valence-electron chi connectivity index (χ3n) is 1.73. The topological polar surface area (TPSA) is 80.5 Å². The van der Waals surface area contributed by atoms with Crippen LogP contribution in [0.25, 0.3) is 5.82 Å². The van der Waals surface area contributed by atoms with Gasteiger partial charge in [0.05, 0.1) is 23.6 Å². The Hall–Kier alpha value is -2.06. The van der Waals surface area contributed by atoms with Gasteiger partial charge in [-0.2, -0.15) is 10.4 Å². The summed E-state index contributed by atoms with van der Waals surface area (Å²) in [5.74, 6) is 0.492. The Morgan fingerprint density at radius 2 is 2.27 bits per heavy atom. The van der Waals surface area contributed by atoms with Crippen LogP contribution in [0, 0.1) is 11.3 Å². The SMILES string of the molecule is Cl.N#Cc1cccnc1-n1cc(N)cn1. The van der Waals surface area contributed by atoms with Gasteiger partial charge in [0.25, 0.3) is 0 Å². The first-order valence-corrected chi connectivity index (χ1v) is 3.97. The van der Waals surface area contributed by atoms with Gasteiger partial charge >= 0.3 is 0 Å². The maximum atomic E-state index is 8.82. The van der Waals surface area contributed by atoms with Crippen molar-refractivity contribution in [2.24, 2.45) is 0 Å². The monoisotopic (exact) mass is 221 g/mol. The number of hydrogen-bond acceptors (Lipinski definition) is 4. The van der Waals surface area contributed by atoms with E-state index in [1.807, 2.05) is 6.07 Å². The van der Waals surface area contributed by atoms with E-state index in [2.05, 4.69) is 10.1 Å². The highest BCUT2D eigenvalue weighted by molar-refractivity contribution is 5.85. The van der Waals surface area contributed by atoms with Crippen molar-refractivity contribution < 1.29 is 0 Å². The number of aromatic nitrogens is 3. The van der Waals surface area contributed by atoms with Crippen LogP contribution in [-0.2, 0) is 0 Å². The molecule has 0 saturated heterocycles. The van der Waals surface area contributed by atoms with Crippen molar-refractivity contribution >= 4 is 18.1 Å². The summed E-state index contributed by atoms with van der Waals surface area (Å²) in [6.07, 6.45) is 4.73. The van der Waals surface area contributed by atoms with Crippen molar-refractivity contribution in [1.82, 2.24) is 14.8 Å². The highest BCUT2D eigenvalue weighted by Crippen LogP contribution is 2.10. The van der Waals surface area contributed by atoms with Crippen LogP contribution in [0.5, 0.6) is 0 Å². The van der Waals surface area contributed by atoms with Gasteiger partial charge in [-0.1, -0.05) is 0 Å². The second-order valence-corrected chi connectivity index (χ2v) is 2.70. The molecule has 0 aromatic carbocycles. The zero-order valence-corrected chi connectivity index (χ0v) is 8.48. The minimum absolute atomic E-state index is 0. The molecule has 0 amide bonds. The second-order valence-electron chi connectivity index (χ2n) is 2.70. The molecule has 2 N–H and O–H groups in total. The van der Waals surface area contributed by atoms with Crippen LogP contribution >= 0.6 is 12.4 Å². The maximum absolute atomic E-state index is 8.82. The quantitative estimate of drug-likeness (QED) is 0.783. The smallest absolute Gasteiger partial charge is 0.171 e. The Morgan fingerprint density at radius 1 is 1.47 bits per heavy atom. The van der Waals surface area contributed by atoms with E-state index < -0.39 is 0 Å². The van der Waals surface area contributed by atoms with Crippen LogP contribution in [0.15, 0.2) is 30.7 Å². The maximum Gasteiger partial charge on any atom is 0.171 e. The summed E-state index contributed by atoms with van der Waals surface area (Å²) >= 11 is 0. The molecular weight excluding hydrogens is 214 g/mol. The largest absolute Gasteiger partial charge is 0.396 e. The van der Waals surface area contributed by atoms with Gasteiger partial charge in [-0.05, 0) is 12.1 Å². The zero-order chi connectivity index (χ0) is 9.97. The third-order valence-corrected chi connectivity index (χ3v) is 1.73. The Labute approximate surface area is 92.6 Å². The summed E-state index contributed by atoms with van der Waals surface area (Å²) in [4.78, 5) is 4.06. The molecule has 2 aromatic heterocycles. The van der Waals surface area contributed by atoms with Gasteiger partial charge in [-0.3, -0.25) is 0 Å². The Bertz CT molecular complexity index is 499. The molecule has 6 heteroatoms. The average Bonchev–Trinajstić information content (AvgIpc) is 2.65. The van der Waals surface area contributed by atoms with Crippen LogP contribution in [0.2, 0.25) is 0 Å². The van der Waals surface area contributed by atoms with Crippen molar-refractivity contribution in [2.45, 2.75) is 0 Å². The summed E-state index contributed by atoms with van der Waals surface area (Å²) in [6, 6.07) is 5.42. The molecule has 0 bridgehead atoms. The zero-order valence-electron chi connectivity index (χ0n) is 7.66. The van der Waals surface area contributed by atoms with Crippen LogP contribution in [0.3, 0.4) is 0 Å². The number of pyridine rings is 1. The van der Waals surface area contributed by atoms with E-state index in [1.165, 1.54) is 10.9 Å². The third kappa shape index (κ3) is 2.06. The molecule has 0 fully saturated rings. The van der Waals surface area contributed by atoms with Gasteiger partial charge in [0.1, 0.15) is 6.07 Å². The standard InChI is InChI=1S/C9H7N5.ClH/c10-4-7-2-1-3-12-9(7)14-6-8(11)5-13-14;/h1-3,5-6H,11H2;1H. The molecule has 76 valence electrons. The fourth-order valence-electron chi connectivity index (χ4n) is 1.12. The van der Waals surface area contributed by atoms with Crippen molar-refractivity contribution in [3.63, 3.8) is 0 Å². The lowest BCUT2D eigenvalue weighted by Gasteiger charge is -2.00. The molecule has 0 aliphatic carbocycles. The minimum Gasteiger partial charge on any atom is -0.396 e. The number of hydrogen-bond donors (Lipinski definition) is 1. The molecule has 15 heavy (non-hydrogen) atoms. The van der Waals surface area contributed by atoms with Gasteiger partial charge in [-0.25, -0.2) is 9.67 Å². The van der Waals surface area contributed by atoms with Crippen molar-refractivity contribution in [1.29, 1.82) is 5.26 Å². The number of nitrogens with two attached hydrogens (primary N) is 1. The second kappa shape index (κ2) is 4.44. The van der Waals surface area contributed by atoms with Gasteiger partial charge < -0.3 is 5.73 Å². The normalized spacial score (nSPS) is 9.00. The fourth-order valence-corrected chi connectivity index (χ4v) is 1.12. The summed E-state index contributed by atoms with van der Waals surface area (Å²) in [6.45, 7) is 0. The predicted octanol–water partition coefficient (Wildman–Crippen LogP) is 1.14. The van der Waals surface area contributed by atoms with E-state index in [0.29, 0.717) is 17.1 Å². The molecule has 0 aliphatic heterocycles. The first-order chi connectivity index (χ1) is 6.81. The highest BCUT2D eigenvalue weighted by Gasteiger charge is 2.05. The van der Waals surface area contributed by atoms with Crippen LogP contribution in [0.1, 0.15) is 5.56 Å². The molecule has 0 saturated carbocycles. The first-order valence-electron chi connectivity index (χ1n) is 3.97. The number of nitrogens with zero attached hydrogens (tertiary/aromatic N) is 4. The summed E-state index contributed by atoms with van der Waals surface area (Å²) < 4.78 is 1.48. The van der Waals surface area contributed by atoms with Crippen molar-refractivity contribution in [3.05, 3.63) is 36.3 Å². The van der Waals surface area contributed by atoms with E-state index in [-0.39, 0.29) is 12.4 Å². The Morgan fingerprint density at radius 3 is 2.87 bits per heavy atom. The minimum atomic E-state index is 0. The van der Waals surface area contributed by atoms with E-state index in [9.17, 15) is 0 Å². The molecule has 5 nitrogen and oxygen atoms in total. The predicted molar refractivity (Wildman–Crippen MR) is 57.7 cm³/mol. The average molecular weight is 222 g/mol.